The number of dihydropyridines is 1. The van der Waals surface area contributed by atoms with Crippen molar-refractivity contribution in [3.63, 3.8) is 0 Å². The molecule has 3 nitrogen and oxygen atoms in total. The van der Waals surface area contributed by atoms with Gasteiger partial charge in [-0.1, -0.05) is 31.7 Å². The summed E-state index contributed by atoms with van der Waals surface area (Å²) >= 11 is 1.71. The number of allylic oxidation sites excluding steroid dienone is 1. The van der Waals surface area contributed by atoms with E-state index in [4.69, 9.17) is 6.42 Å². The lowest BCUT2D eigenvalue weighted by molar-refractivity contribution is 0.0756. The first kappa shape index (κ1) is 15.3. The van der Waals surface area contributed by atoms with Crippen molar-refractivity contribution in [2.75, 3.05) is 18.8 Å². The molecule has 1 N–H and O–H groups in total. The van der Waals surface area contributed by atoms with Crippen LogP contribution in [-0.2, 0) is 0 Å². The van der Waals surface area contributed by atoms with Crippen LogP contribution in [-0.4, -0.2) is 46.1 Å². The van der Waals surface area contributed by atoms with Crippen LogP contribution in [0.1, 0.15) is 27.7 Å². The van der Waals surface area contributed by atoms with Crippen molar-refractivity contribution in [1.29, 1.82) is 0 Å². The van der Waals surface area contributed by atoms with Crippen molar-refractivity contribution in [2.24, 2.45) is 4.99 Å². The lowest BCUT2D eigenvalue weighted by Crippen LogP contribution is -2.42. The Labute approximate surface area is 114 Å². The van der Waals surface area contributed by atoms with Gasteiger partial charge in [-0.15, -0.1) is 6.42 Å². The van der Waals surface area contributed by atoms with Crippen LogP contribution in [0.5, 0.6) is 0 Å². The molecule has 0 saturated carbocycles. The predicted molar refractivity (Wildman–Crippen MR) is 79.8 cm³/mol. The van der Waals surface area contributed by atoms with Crippen LogP contribution in [0.2, 0.25) is 0 Å². The first-order valence-corrected chi connectivity index (χ1v) is 7.25. The minimum atomic E-state index is -0.948. The molecule has 0 radical (unpaired) electrons. The fourth-order valence-electron chi connectivity index (χ4n) is 1.84. The van der Waals surface area contributed by atoms with E-state index in [9.17, 15) is 5.11 Å². The zero-order valence-corrected chi connectivity index (χ0v) is 12.4. The van der Waals surface area contributed by atoms with Crippen LogP contribution in [0, 0.1) is 12.3 Å². The largest absolute Gasteiger partial charge is 0.383 e. The SMILES string of the molecule is C#CC1=C(CSN(CC)CC)C(C)(O)C(C)N=C1. The Morgan fingerprint density at radius 1 is 1.56 bits per heavy atom. The number of terminal acetylenes is 1. The van der Waals surface area contributed by atoms with Gasteiger partial charge in [0, 0.05) is 30.6 Å². The standard InChI is InChI=1S/C14H22N2OS/c1-6-12-9-15-11(4)14(5,17)13(12)10-18-16(7-2)8-3/h1,9,11,17H,7-8,10H2,2-5H3. The van der Waals surface area contributed by atoms with E-state index in [0.29, 0.717) is 5.75 Å². The van der Waals surface area contributed by atoms with Gasteiger partial charge in [0.1, 0.15) is 5.60 Å². The summed E-state index contributed by atoms with van der Waals surface area (Å²) in [5.41, 5.74) is 0.679. The summed E-state index contributed by atoms with van der Waals surface area (Å²) < 4.78 is 2.24. The molecule has 0 saturated heterocycles. The second kappa shape index (κ2) is 6.42. The van der Waals surface area contributed by atoms with Crippen LogP contribution >= 0.6 is 11.9 Å². The van der Waals surface area contributed by atoms with Crippen molar-refractivity contribution < 1.29 is 5.11 Å². The maximum atomic E-state index is 10.6. The molecule has 1 heterocycles. The highest BCUT2D eigenvalue weighted by molar-refractivity contribution is 7.97. The second-order valence-electron chi connectivity index (χ2n) is 4.53. The molecule has 0 fully saturated rings. The van der Waals surface area contributed by atoms with Gasteiger partial charge >= 0.3 is 0 Å². The third kappa shape index (κ3) is 3.17. The number of hydrogen-bond acceptors (Lipinski definition) is 4. The van der Waals surface area contributed by atoms with Crippen molar-refractivity contribution in [2.45, 2.75) is 39.3 Å². The van der Waals surface area contributed by atoms with E-state index in [1.54, 1.807) is 25.1 Å². The molecular weight excluding hydrogens is 244 g/mol. The molecule has 100 valence electrons. The average Bonchev–Trinajstić information content (AvgIpc) is 2.35. The fourth-order valence-corrected chi connectivity index (χ4v) is 2.97. The van der Waals surface area contributed by atoms with Gasteiger partial charge in [-0.2, -0.15) is 0 Å². The molecule has 1 aliphatic heterocycles. The van der Waals surface area contributed by atoms with Gasteiger partial charge < -0.3 is 5.11 Å². The van der Waals surface area contributed by atoms with E-state index in [2.05, 4.69) is 29.1 Å². The molecule has 0 amide bonds. The lowest BCUT2D eigenvalue weighted by atomic mass is 9.85. The zero-order valence-electron chi connectivity index (χ0n) is 11.6. The average molecular weight is 266 g/mol. The molecule has 0 aliphatic carbocycles. The van der Waals surface area contributed by atoms with Gasteiger partial charge in [-0.05, 0) is 19.4 Å². The Balaban J connectivity index is 2.90. The molecule has 0 aromatic carbocycles. The van der Waals surface area contributed by atoms with E-state index < -0.39 is 5.60 Å². The van der Waals surface area contributed by atoms with Crippen LogP contribution in [0.3, 0.4) is 0 Å². The van der Waals surface area contributed by atoms with Crippen molar-refractivity contribution in [1.82, 2.24) is 4.31 Å². The van der Waals surface area contributed by atoms with Gasteiger partial charge in [0.05, 0.1) is 6.04 Å². The van der Waals surface area contributed by atoms with Gasteiger partial charge in [0.25, 0.3) is 0 Å². The Morgan fingerprint density at radius 3 is 2.67 bits per heavy atom. The molecule has 4 heteroatoms. The summed E-state index contributed by atoms with van der Waals surface area (Å²) in [6, 6.07) is -0.151. The topological polar surface area (TPSA) is 35.8 Å². The Hall–Kier alpha value is -0.760. The van der Waals surface area contributed by atoms with Gasteiger partial charge in [0.2, 0.25) is 0 Å². The van der Waals surface area contributed by atoms with Gasteiger partial charge in [-0.25, -0.2) is 0 Å². The quantitative estimate of drug-likeness (QED) is 0.612. The fraction of sp³-hybridized carbons (Fsp3) is 0.643. The highest BCUT2D eigenvalue weighted by atomic mass is 32.2. The molecule has 1 aliphatic rings. The van der Waals surface area contributed by atoms with E-state index in [1.165, 1.54) is 0 Å². The summed E-state index contributed by atoms with van der Waals surface area (Å²) in [5.74, 6) is 3.34. The summed E-state index contributed by atoms with van der Waals surface area (Å²) in [4.78, 5) is 4.25. The van der Waals surface area contributed by atoms with Gasteiger partial charge in [0.15, 0.2) is 0 Å². The third-order valence-electron chi connectivity index (χ3n) is 3.43. The summed E-state index contributed by atoms with van der Waals surface area (Å²) in [6.07, 6.45) is 7.21. The maximum Gasteiger partial charge on any atom is 0.107 e. The smallest absolute Gasteiger partial charge is 0.107 e. The number of hydrogen-bond donors (Lipinski definition) is 1. The van der Waals surface area contributed by atoms with Crippen LogP contribution < -0.4 is 0 Å². The van der Waals surface area contributed by atoms with E-state index in [-0.39, 0.29) is 6.04 Å². The predicted octanol–water partition coefficient (Wildman–Crippen LogP) is 2.13. The third-order valence-corrected chi connectivity index (χ3v) is 4.73. The summed E-state index contributed by atoms with van der Waals surface area (Å²) in [6.45, 7) is 9.90. The van der Waals surface area contributed by atoms with Crippen molar-refractivity contribution >= 4 is 18.2 Å². The maximum absolute atomic E-state index is 10.6. The number of aliphatic imine (C=N–C) groups is 1. The highest BCUT2D eigenvalue weighted by Gasteiger charge is 2.36. The molecule has 0 aromatic heterocycles. The minimum absolute atomic E-state index is 0.151. The Morgan fingerprint density at radius 2 is 2.17 bits per heavy atom. The lowest BCUT2D eigenvalue weighted by Gasteiger charge is -2.34. The molecule has 18 heavy (non-hydrogen) atoms. The van der Waals surface area contributed by atoms with E-state index in [1.807, 2.05) is 6.92 Å². The molecule has 2 atom stereocenters. The Kier molecular flexibility index (Phi) is 5.46. The van der Waals surface area contributed by atoms with Crippen molar-refractivity contribution in [3.05, 3.63) is 11.1 Å². The number of nitrogens with zero attached hydrogens (tertiary/aromatic N) is 2. The minimum Gasteiger partial charge on any atom is -0.383 e. The first-order valence-electron chi connectivity index (χ1n) is 6.30. The van der Waals surface area contributed by atoms with Gasteiger partial charge in [-0.3, -0.25) is 9.30 Å². The van der Waals surface area contributed by atoms with Crippen molar-refractivity contribution in [3.8, 4) is 12.3 Å². The highest BCUT2D eigenvalue weighted by Crippen LogP contribution is 2.31. The molecule has 0 bridgehead atoms. The molecular formula is C14H22N2OS. The van der Waals surface area contributed by atoms with E-state index >= 15 is 0 Å². The number of aliphatic hydroxyl groups is 1. The summed E-state index contributed by atoms with van der Waals surface area (Å²) in [7, 11) is 0. The number of rotatable bonds is 5. The molecule has 2 unspecified atom stereocenters. The van der Waals surface area contributed by atoms with Crippen LogP contribution in [0.25, 0.3) is 0 Å². The normalized spacial score (nSPS) is 27.7. The van der Waals surface area contributed by atoms with Crippen LogP contribution in [0.4, 0.5) is 0 Å². The molecule has 1 rings (SSSR count). The monoisotopic (exact) mass is 266 g/mol. The summed E-state index contributed by atoms with van der Waals surface area (Å²) in [5, 5.41) is 10.6. The molecule has 0 aromatic rings. The zero-order chi connectivity index (χ0) is 13.8. The first-order chi connectivity index (χ1) is 8.47. The second-order valence-corrected chi connectivity index (χ2v) is 5.59. The molecule has 0 spiro atoms. The van der Waals surface area contributed by atoms with Crippen LogP contribution in [0.15, 0.2) is 16.1 Å². The van der Waals surface area contributed by atoms with E-state index in [0.717, 1.165) is 24.2 Å². The Bertz CT molecular complexity index is 389.